The van der Waals surface area contributed by atoms with Crippen molar-refractivity contribution in [2.24, 2.45) is 0 Å². The second-order valence-electron chi connectivity index (χ2n) is 4.00. The van der Waals surface area contributed by atoms with Crippen molar-refractivity contribution in [3.8, 4) is 0 Å². The van der Waals surface area contributed by atoms with E-state index in [0.29, 0.717) is 11.8 Å². The molecule has 1 aromatic carbocycles. The number of rotatable bonds is 4. The molecule has 0 aliphatic heterocycles. The summed E-state index contributed by atoms with van der Waals surface area (Å²) in [6.45, 7) is 0. The molecule has 0 fully saturated rings. The van der Waals surface area contributed by atoms with Crippen LogP contribution in [0.25, 0.3) is 0 Å². The summed E-state index contributed by atoms with van der Waals surface area (Å²) in [6, 6.07) is 2.54. The first-order valence-electron chi connectivity index (χ1n) is 5.66. The molecule has 1 N–H and O–H groups in total. The van der Waals surface area contributed by atoms with E-state index in [1.807, 2.05) is 0 Å². The summed E-state index contributed by atoms with van der Waals surface area (Å²) in [5.74, 6) is -12.2. The Balaban J connectivity index is 2.36. The number of benzene rings is 1. The van der Waals surface area contributed by atoms with E-state index in [4.69, 9.17) is 5.11 Å². The van der Waals surface area contributed by atoms with Gasteiger partial charge in [-0.3, -0.25) is 0 Å². The molecule has 9 heteroatoms. The molecule has 116 valence electrons. The number of carbonyl (C=O) groups is 1. The average molecular weight is 335 g/mol. The molecule has 0 spiro atoms. The predicted molar refractivity (Wildman–Crippen MR) is 67.0 cm³/mol. The van der Waals surface area contributed by atoms with E-state index in [-0.39, 0.29) is 10.6 Å². The summed E-state index contributed by atoms with van der Waals surface area (Å²) in [6.07, 6.45) is 1.24. The van der Waals surface area contributed by atoms with Crippen molar-refractivity contribution in [3.05, 3.63) is 58.5 Å². The van der Waals surface area contributed by atoms with Gasteiger partial charge in [0.2, 0.25) is 5.82 Å². The van der Waals surface area contributed by atoms with Gasteiger partial charge < -0.3 is 5.11 Å². The number of carboxylic acids is 1. The van der Waals surface area contributed by atoms with Crippen LogP contribution in [-0.2, 0) is 5.75 Å². The van der Waals surface area contributed by atoms with Crippen LogP contribution in [0.5, 0.6) is 0 Å². The van der Waals surface area contributed by atoms with Crippen LogP contribution in [0, 0.1) is 29.1 Å². The van der Waals surface area contributed by atoms with Crippen molar-refractivity contribution < 1.29 is 31.9 Å². The van der Waals surface area contributed by atoms with E-state index >= 15 is 0 Å². The molecule has 0 radical (unpaired) electrons. The molecule has 22 heavy (non-hydrogen) atoms. The van der Waals surface area contributed by atoms with Gasteiger partial charge in [-0.05, 0) is 12.1 Å². The lowest BCUT2D eigenvalue weighted by atomic mass is 10.2. The summed E-state index contributed by atoms with van der Waals surface area (Å²) in [7, 11) is 0. The molecule has 0 aliphatic rings. The Hall–Kier alpha value is -2.16. The zero-order valence-corrected chi connectivity index (χ0v) is 11.4. The van der Waals surface area contributed by atoms with Gasteiger partial charge in [-0.25, -0.2) is 31.7 Å². The van der Waals surface area contributed by atoms with E-state index in [0.717, 1.165) is 0 Å². The zero-order chi connectivity index (χ0) is 16.4. The first kappa shape index (κ1) is 16.2. The number of aromatic carboxylic acids is 1. The number of pyridine rings is 1. The summed E-state index contributed by atoms with van der Waals surface area (Å²) in [4.78, 5) is 14.7. The lowest BCUT2D eigenvalue weighted by Gasteiger charge is -2.08. The van der Waals surface area contributed by atoms with Crippen molar-refractivity contribution in [1.82, 2.24) is 4.98 Å². The largest absolute Gasteiger partial charge is 0.478 e. The minimum Gasteiger partial charge on any atom is -0.478 e. The standard InChI is InChI=1S/C13H6F5NO2S/c14-7-6(8(15)10(17)11(18)9(7)16)4-22-12-5(13(20)21)2-1-3-19-12/h1-3H,4H2,(H,20,21). The highest BCUT2D eigenvalue weighted by Gasteiger charge is 2.26. The molecule has 0 atom stereocenters. The molecule has 3 nitrogen and oxygen atoms in total. The molecule has 2 aromatic rings. The maximum atomic E-state index is 13.5. The summed E-state index contributed by atoms with van der Waals surface area (Å²) < 4.78 is 66.0. The third-order valence-corrected chi connectivity index (χ3v) is 3.69. The fourth-order valence-electron chi connectivity index (χ4n) is 1.59. The van der Waals surface area contributed by atoms with E-state index < -0.39 is 46.4 Å². The first-order chi connectivity index (χ1) is 10.3. The average Bonchev–Trinajstić information content (AvgIpc) is 2.51. The van der Waals surface area contributed by atoms with Crippen molar-refractivity contribution in [1.29, 1.82) is 0 Å². The van der Waals surface area contributed by atoms with Crippen LogP contribution in [0.3, 0.4) is 0 Å². The molecular weight excluding hydrogens is 329 g/mol. The molecule has 0 saturated carbocycles. The van der Waals surface area contributed by atoms with Crippen LogP contribution in [-0.4, -0.2) is 16.1 Å². The zero-order valence-electron chi connectivity index (χ0n) is 10.5. The number of thioether (sulfide) groups is 1. The number of hydrogen-bond donors (Lipinski definition) is 1. The molecule has 0 amide bonds. The van der Waals surface area contributed by atoms with Crippen LogP contribution in [0.1, 0.15) is 15.9 Å². The van der Waals surface area contributed by atoms with Gasteiger partial charge in [0.05, 0.1) is 5.56 Å². The second-order valence-corrected chi connectivity index (χ2v) is 4.96. The van der Waals surface area contributed by atoms with Crippen LogP contribution < -0.4 is 0 Å². The maximum absolute atomic E-state index is 13.5. The number of carboxylic acid groups (broad SMARTS) is 1. The lowest BCUT2D eigenvalue weighted by molar-refractivity contribution is 0.0692. The molecule has 1 aromatic heterocycles. The Bertz CT molecular complexity index is 724. The van der Waals surface area contributed by atoms with Gasteiger partial charge in [0.25, 0.3) is 0 Å². The van der Waals surface area contributed by atoms with Gasteiger partial charge in [-0.15, -0.1) is 11.8 Å². The molecule has 1 heterocycles. The van der Waals surface area contributed by atoms with Gasteiger partial charge in [0, 0.05) is 17.5 Å². The van der Waals surface area contributed by atoms with E-state index in [9.17, 15) is 26.7 Å². The normalized spacial score (nSPS) is 10.8. The summed E-state index contributed by atoms with van der Waals surface area (Å²) in [5.41, 5.74) is -1.28. The molecule has 2 rings (SSSR count). The van der Waals surface area contributed by atoms with Crippen molar-refractivity contribution in [2.45, 2.75) is 10.8 Å². The van der Waals surface area contributed by atoms with Gasteiger partial charge >= 0.3 is 5.97 Å². The number of halogens is 5. The minimum atomic E-state index is -2.24. The van der Waals surface area contributed by atoms with Gasteiger partial charge in [-0.1, -0.05) is 0 Å². The second kappa shape index (κ2) is 6.30. The third kappa shape index (κ3) is 2.89. The van der Waals surface area contributed by atoms with Crippen LogP contribution in [0.15, 0.2) is 23.4 Å². The molecule has 0 unspecified atom stereocenters. The number of hydrogen-bond acceptors (Lipinski definition) is 3. The highest BCUT2D eigenvalue weighted by Crippen LogP contribution is 2.30. The molecular formula is C13H6F5NO2S. The fourth-order valence-corrected chi connectivity index (χ4v) is 2.57. The predicted octanol–water partition coefficient (Wildman–Crippen LogP) is 3.77. The number of aromatic nitrogens is 1. The molecule has 0 bridgehead atoms. The van der Waals surface area contributed by atoms with Crippen LogP contribution in [0.2, 0.25) is 0 Å². The van der Waals surface area contributed by atoms with Crippen molar-refractivity contribution >= 4 is 17.7 Å². The Kier molecular flexibility index (Phi) is 4.65. The summed E-state index contributed by atoms with van der Waals surface area (Å²) in [5, 5.41) is 8.83. The van der Waals surface area contributed by atoms with Crippen molar-refractivity contribution in [2.75, 3.05) is 0 Å². The van der Waals surface area contributed by atoms with Crippen LogP contribution in [0.4, 0.5) is 22.0 Å². The highest BCUT2D eigenvalue weighted by atomic mass is 32.2. The Morgan fingerprint density at radius 3 is 2.14 bits per heavy atom. The first-order valence-corrected chi connectivity index (χ1v) is 6.64. The quantitative estimate of drug-likeness (QED) is 0.400. The van der Waals surface area contributed by atoms with Crippen molar-refractivity contribution in [3.63, 3.8) is 0 Å². The topological polar surface area (TPSA) is 50.2 Å². The molecule has 0 saturated heterocycles. The highest BCUT2D eigenvalue weighted by molar-refractivity contribution is 7.98. The monoisotopic (exact) mass is 335 g/mol. The van der Waals surface area contributed by atoms with Gasteiger partial charge in [0.15, 0.2) is 23.3 Å². The maximum Gasteiger partial charge on any atom is 0.338 e. The van der Waals surface area contributed by atoms with Gasteiger partial charge in [0.1, 0.15) is 5.03 Å². The summed E-state index contributed by atoms with van der Waals surface area (Å²) >= 11 is 0.552. The van der Waals surface area contributed by atoms with Gasteiger partial charge in [-0.2, -0.15) is 0 Å². The number of nitrogens with zero attached hydrogens (tertiary/aromatic N) is 1. The van der Waals surface area contributed by atoms with Crippen LogP contribution >= 0.6 is 11.8 Å². The SMILES string of the molecule is O=C(O)c1cccnc1SCc1c(F)c(F)c(F)c(F)c1F. The lowest BCUT2D eigenvalue weighted by Crippen LogP contribution is -2.07. The molecule has 0 aliphatic carbocycles. The Labute approximate surface area is 124 Å². The van der Waals surface area contributed by atoms with E-state index in [1.165, 1.54) is 18.3 Å². The smallest absolute Gasteiger partial charge is 0.338 e. The third-order valence-electron chi connectivity index (χ3n) is 2.66. The van der Waals surface area contributed by atoms with E-state index in [1.54, 1.807) is 0 Å². The Morgan fingerprint density at radius 2 is 1.59 bits per heavy atom. The fraction of sp³-hybridized carbons (Fsp3) is 0.0769. The minimum absolute atomic E-state index is 0.0982. The van der Waals surface area contributed by atoms with E-state index in [2.05, 4.69) is 4.98 Å². The Morgan fingerprint density at radius 1 is 1.05 bits per heavy atom.